The average molecular weight is 165 g/mol. The van der Waals surface area contributed by atoms with E-state index in [1.165, 1.54) is 0 Å². The molecule has 1 aromatic rings. The van der Waals surface area contributed by atoms with Gasteiger partial charge in [0.15, 0.2) is 0 Å². The number of hydrogen-bond donors (Lipinski definition) is 0. The van der Waals surface area contributed by atoms with E-state index in [0.717, 1.165) is 4.90 Å². The van der Waals surface area contributed by atoms with Gasteiger partial charge in [0.2, 0.25) is 0 Å². The van der Waals surface area contributed by atoms with Gasteiger partial charge in [-0.25, -0.2) is 10.8 Å². The van der Waals surface area contributed by atoms with Gasteiger partial charge >= 0.3 is 0 Å². The highest BCUT2D eigenvalue weighted by atomic mass is 32.2. The van der Waals surface area contributed by atoms with Crippen LogP contribution < -0.4 is 0 Å². The van der Waals surface area contributed by atoms with Crippen LogP contribution in [0.15, 0.2) is 35.2 Å². The van der Waals surface area contributed by atoms with Crippen molar-refractivity contribution in [3.63, 3.8) is 0 Å². The van der Waals surface area contributed by atoms with E-state index in [-0.39, 0.29) is 5.88 Å². The maximum atomic E-state index is 11.1. The first-order valence-electron chi connectivity index (χ1n) is 3.11. The largest absolute Gasteiger partial charge is 0.302 e. The zero-order valence-electron chi connectivity index (χ0n) is 5.86. The molecule has 2 nitrogen and oxygen atoms in total. The maximum absolute atomic E-state index is 11.1. The first kappa shape index (κ1) is 7.96. The molecule has 0 saturated carbocycles. The van der Waals surface area contributed by atoms with Crippen molar-refractivity contribution >= 4 is 10.8 Å². The summed E-state index contributed by atoms with van der Waals surface area (Å²) in [5.41, 5.74) is 0. The molecule has 1 unspecified atom stereocenters. The van der Waals surface area contributed by atoms with Crippen molar-refractivity contribution in [3.8, 4) is 0 Å². The summed E-state index contributed by atoms with van der Waals surface area (Å²) >= 11 is 0. The number of hydrogen-bond acceptors (Lipinski definition) is 1. The summed E-state index contributed by atoms with van der Waals surface area (Å²) in [6.07, 6.45) is 0. The molecule has 0 spiro atoms. The molecule has 1 aromatic carbocycles. The molecule has 0 aliphatic heterocycles. The molecule has 0 aromatic heterocycles. The third-order valence-corrected chi connectivity index (χ3v) is 2.35. The fourth-order valence-corrected chi connectivity index (χ4v) is 1.43. The molecule has 0 saturated heterocycles. The number of rotatable bonds is 2. The van der Waals surface area contributed by atoms with Crippen molar-refractivity contribution in [2.45, 2.75) is 4.90 Å². The molecule has 1 atom stereocenters. The smallest absolute Gasteiger partial charge is 0.291 e. The SMILES string of the molecule is [C-]#[N+]CS(=O)c1ccccc1. The second-order valence-corrected chi connectivity index (χ2v) is 3.37. The Morgan fingerprint density at radius 2 is 2.00 bits per heavy atom. The van der Waals surface area contributed by atoms with Gasteiger partial charge < -0.3 is 4.85 Å². The van der Waals surface area contributed by atoms with Crippen LogP contribution in [0.4, 0.5) is 0 Å². The van der Waals surface area contributed by atoms with Gasteiger partial charge in [0.05, 0.1) is 0 Å². The zero-order valence-corrected chi connectivity index (χ0v) is 6.67. The highest BCUT2D eigenvalue weighted by Crippen LogP contribution is 2.04. The predicted molar refractivity (Wildman–Crippen MR) is 44.3 cm³/mol. The van der Waals surface area contributed by atoms with Crippen LogP contribution in [0.5, 0.6) is 0 Å². The van der Waals surface area contributed by atoms with E-state index in [9.17, 15) is 4.21 Å². The van der Waals surface area contributed by atoms with E-state index in [4.69, 9.17) is 6.57 Å². The van der Waals surface area contributed by atoms with E-state index >= 15 is 0 Å². The summed E-state index contributed by atoms with van der Waals surface area (Å²) in [7, 11) is -1.14. The molecule has 0 aliphatic carbocycles. The van der Waals surface area contributed by atoms with Crippen molar-refractivity contribution in [1.29, 1.82) is 0 Å². The normalized spacial score (nSPS) is 11.9. The lowest BCUT2D eigenvalue weighted by Gasteiger charge is -1.91. The fourth-order valence-electron chi connectivity index (χ4n) is 0.705. The van der Waals surface area contributed by atoms with Crippen LogP contribution in [-0.4, -0.2) is 10.1 Å². The lowest BCUT2D eigenvalue weighted by molar-refractivity contribution is 0.685. The summed E-state index contributed by atoms with van der Waals surface area (Å²) in [6.45, 7) is 6.51. The maximum Gasteiger partial charge on any atom is 0.291 e. The lowest BCUT2D eigenvalue weighted by atomic mass is 10.4. The fraction of sp³-hybridized carbons (Fsp3) is 0.125. The number of nitrogens with zero attached hydrogens (tertiary/aromatic N) is 1. The minimum atomic E-state index is -1.14. The molecule has 0 fully saturated rings. The van der Waals surface area contributed by atoms with E-state index in [1.54, 1.807) is 12.1 Å². The highest BCUT2D eigenvalue weighted by Gasteiger charge is 2.02. The number of benzene rings is 1. The first-order valence-corrected chi connectivity index (χ1v) is 4.43. The van der Waals surface area contributed by atoms with Crippen LogP contribution in [0, 0.1) is 6.57 Å². The third-order valence-electron chi connectivity index (χ3n) is 1.19. The van der Waals surface area contributed by atoms with Gasteiger partial charge in [-0.3, -0.25) is 0 Å². The van der Waals surface area contributed by atoms with Crippen molar-refractivity contribution in [1.82, 2.24) is 0 Å². The predicted octanol–water partition coefficient (Wildman–Crippen LogP) is 1.67. The van der Waals surface area contributed by atoms with Crippen molar-refractivity contribution in [2.24, 2.45) is 0 Å². The van der Waals surface area contributed by atoms with Gasteiger partial charge in [-0.2, -0.15) is 0 Å². The Morgan fingerprint density at radius 3 is 2.55 bits per heavy atom. The lowest BCUT2D eigenvalue weighted by Crippen LogP contribution is -1.92. The second-order valence-electron chi connectivity index (χ2n) is 1.95. The molecule has 56 valence electrons. The Kier molecular flexibility index (Phi) is 2.82. The Balaban J connectivity index is 2.79. The Morgan fingerprint density at radius 1 is 1.36 bits per heavy atom. The topological polar surface area (TPSA) is 21.4 Å². The Hall–Kier alpha value is -1.14. The van der Waals surface area contributed by atoms with Crippen LogP contribution in [0.2, 0.25) is 0 Å². The quantitative estimate of drug-likeness (QED) is 0.611. The van der Waals surface area contributed by atoms with Crippen molar-refractivity contribution < 1.29 is 4.21 Å². The summed E-state index contributed by atoms with van der Waals surface area (Å²) in [5, 5.41) is 0. The van der Waals surface area contributed by atoms with Crippen LogP contribution in [-0.2, 0) is 10.8 Å². The Labute approximate surface area is 68.1 Å². The van der Waals surface area contributed by atoms with Crippen LogP contribution >= 0.6 is 0 Å². The molecule has 0 aliphatic rings. The van der Waals surface area contributed by atoms with Crippen LogP contribution in [0.3, 0.4) is 0 Å². The first-order chi connectivity index (χ1) is 5.34. The van der Waals surface area contributed by atoms with Crippen LogP contribution in [0.1, 0.15) is 0 Å². The molecule has 3 heteroatoms. The van der Waals surface area contributed by atoms with Gasteiger partial charge in [-0.05, 0) is 12.1 Å². The summed E-state index contributed by atoms with van der Waals surface area (Å²) in [5.74, 6) is 0.0595. The molecule has 0 N–H and O–H groups in total. The van der Waals surface area contributed by atoms with Gasteiger partial charge in [0.25, 0.3) is 5.88 Å². The van der Waals surface area contributed by atoms with E-state index in [1.807, 2.05) is 18.2 Å². The summed E-state index contributed by atoms with van der Waals surface area (Å²) in [6, 6.07) is 9.02. The second kappa shape index (κ2) is 3.89. The average Bonchev–Trinajstić information content (AvgIpc) is 2.07. The highest BCUT2D eigenvalue weighted by molar-refractivity contribution is 7.85. The van der Waals surface area contributed by atoms with Crippen LogP contribution in [0.25, 0.3) is 4.85 Å². The third kappa shape index (κ3) is 2.17. The van der Waals surface area contributed by atoms with Gasteiger partial charge in [-0.15, -0.1) is 0 Å². The zero-order chi connectivity index (χ0) is 8.10. The molecular weight excluding hydrogens is 158 g/mol. The van der Waals surface area contributed by atoms with Gasteiger partial charge in [-0.1, -0.05) is 18.2 Å². The standard InChI is InChI=1S/C8H7NOS/c1-9-7-11(10)8-5-3-2-4-6-8/h2-6H,7H2. The molecule has 0 bridgehead atoms. The molecule has 0 amide bonds. The van der Waals surface area contributed by atoms with E-state index in [0.29, 0.717) is 0 Å². The van der Waals surface area contributed by atoms with Gasteiger partial charge in [0.1, 0.15) is 10.8 Å². The van der Waals surface area contributed by atoms with Crippen molar-refractivity contribution in [3.05, 3.63) is 41.7 Å². The minimum absolute atomic E-state index is 0.0595. The molecular formula is C8H7NOS. The molecule has 0 radical (unpaired) electrons. The molecule has 1 rings (SSSR count). The molecule has 0 heterocycles. The summed E-state index contributed by atoms with van der Waals surface area (Å²) in [4.78, 5) is 3.79. The monoisotopic (exact) mass is 165 g/mol. The van der Waals surface area contributed by atoms with Gasteiger partial charge in [0, 0.05) is 4.90 Å². The Bertz CT molecular complexity index is 289. The van der Waals surface area contributed by atoms with E-state index < -0.39 is 10.8 Å². The van der Waals surface area contributed by atoms with E-state index in [2.05, 4.69) is 4.85 Å². The minimum Gasteiger partial charge on any atom is -0.302 e. The molecule has 11 heavy (non-hydrogen) atoms. The summed E-state index contributed by atoms with van der Waals surface area (Å²) < 4.78 is 11.1. The van der Waals surface area contributed by atoms with Crippen molar-refractivity contribution in [2.75, 3.05) is 5.88 Å².